The number of rotatable bonds is 5. The Morgan fingerprint density at radius 3 is 2.47 bits per heavy atom. The summed E-state index contributed by atoms with van der Waals surface area (Å²) in [7, 11) is -3.72. The molecule has 17 heavy (non-hydrogen) atoms. The number of aromatic nitrogens is 1. The summed E-state index contributed by atoms with van der Waals surface area (Å²) in [4.78, 5) is 13.0. The second-order valence-electron chi connectivity index (χ2n) is 4.09. The van der Waals surface area contributed by atoms with Crippen molar-refractivity contribution in [2.45, 2.75) is 31.1 Å². The van der Waals surface area contributed by atoms with Crippen LogP contribution in [0.3, 0.4) is 0 Å². The van der Waals surface area contributed by atoms with E-state index in [2.05, 4.69) is 9.71 Å². The predicted octanol–water partition coefficient (Wildman–Crippen LogP) is 0.0400. The van der Waals surface area contributed by atoms with Crippen LogP contribution >= 0.6 is 11.3 Å². The highest BCUT2D eigenvalue weighted by Crippen LogP contribution is 2.15. The van der Waals surface area contributed by atoms with Crippen LogP contribution in [0.4, 0.5) is 0 Å². The van der Waals surface area contributed by atoms with Gasteiger partial charge in [0, 0.05) is 12.2 Å². The van der Waals surface area contributed by atoms with Crippen molar-refractivity contribution in [3.63, 3.8) is 0 Å². The zero-order valence-electron chi connectivity index (χ0n) is 9.85. The van der Waals surface area contributed by atoms with E-state index >= 15 is 0 Å². The molecule has 0 bridgehead atoms. The summed E-state index contributed by atoms with van der Waals surface area (Å²) in [5.74, 6) is -0.0382. The van der Waals surface area contributed by atoms with Crippen molar-refractivity contribution in [2.75, 3.05) is 6.54 Å². The van der Waals surface area contributed by atoms with Crippen molar-refractivity contribution in [3.8, 4) is 0 Å². The van der Waals surface area contributed by atoms with Crippen LogP contribution in [0, 0.1) is 12.8 Å². The van der Waals surface area contributed by atoms with Gasteiger partial charge >= 0.3 is 4.87 Å². The number of thiazole rings is 1. The van der Waals surface area contributed by atoms with Gasteiger partial charge in [-0.1, -0.05) is 25.2 Å². The molecule has 0 aliphatic rings. The Morgan fingerprint density at radius 1 is 1.47 bits per heavy atom. The summed E-state index contributed by atoms with van der Waals surface area (Å²) in [6.45, 7) is 5.04. The Labute approximate surface area is 104 Å². The average molecular weight is 280 g/mol. The molecule has 1 atom stereocenters. The minimum Gasteiger partial charge on any atom is -0.391 e. The molecular formula is C9H16N2O4S2. The molecule has 6 nitrogen and oxygen atoms in total. The number of H-pyrrole nitrogens is 1. The molecule has 0 amide bonds. The quantitative estimate of drug-likeness (QED) is 0.709. The van der Waals surface area contributed by atoms with Gasteiger partial charge in [-0.2, -0.15) is 0 Å². The lowest BCUT2D eigenvalue weighted by Gasteiger charge is -2.14. The van der Waals surface area contributed by atoms with Crippen LogP contribution in [0.2, 0.25) is 0 Å². The fourth-order valence-electron chi connectivity index (χ4n) is 1.14. The molecule has 0 spiro atoms. The van der Waals surface area contributed by atoms with Gasteiger partial charge in [0.2, 0.25) is 0 Å². The molecule has 1 aromatic heterocycles. The van der Waals surface area contributed by atoms with Gasteiger partial charge in [-0.3, -0.25) is 4.79 Å². The minimum atomic E-state index is -3.72. The number of aliphatic hydroxyl groups is 1. The fraction of sp³-hybridized carbons (Fsp3) is 0.667. The van der Waals surface area contributed by atoms with Gasteiger partial charge in [-0.25, -0.2) is 13.1 Å². The number of sulfonamides is 1. The molecule has 0 aliphatic carbocycles. The molecule has 3 N–H and O–H groups in total. The lowest BCUT2D eigenvalue weighted by atomic mass is 10.1. The molecule has 0 saturated heterocycles. The predicted molar refractivity (Wildman–Crippen MR) is 65.7 cm³/mol. The summed E-state index contributed by atoms with van der Waals surface area (Å²) in [6.07, 6.45) is -0.749. The van der Waals surface area contributed by atoms with Gasteiger partial charge in [-0.05, 0) is 12.8 Å². The number of nitrogens with one attached hydrogen (secondary N) is 2. The van der Waals surface area contributed by atoms with E-state index < -0.39 is 21.0 Å². The Hall–Kier alpha value is -0.700. The largest absolute Gasteiger partial charge is 0.391 e. The van der Waals surface area contributed by atoms with E-state index in [9.17, 15) is 18.3 Å². The van der Waals surface area contributed by atoms with Crippen molar-refractivity contribution >= 4 is 21.4 Å². The standard InChI is InChI=1S/C9H16N2O4S2/c1-5(2)7(12)4-10-17(14,15)8-6(3)11-9(13)16-8/h5,7,10,12H,4H2,1-3H3,(H,11,13). The van der Waals surface area contributed by atoms with E-state index in [1.165, 1.54) is 6.92 Å². The lowest BCUT2D eigenvalue weighted by Crippen LogP contribution is -2.34. The van der Waals surface area contributed by atoms with Crippen LogP contribution in [-0.2, 0) is 10.0 Å². The molecule has 98 valence electrons. The van der Waals surface area contributed by atoms with Crippen molar-refractivity contribution in [1.82, 2.24) is 9.71 Å². The molecule has 0 fully saturated rings. The number of aromatic amines is 1. The van der Waals surface area contributed by atoms with E-state index in [1.807, 2.05) is 0 Å². The minimum absolute atomic E-state index is 0.0292. The van der Waals surface area contributed by atoms with Gasteiger partial charge in [0.1, 0.15) is 0 Å². The molecule has 0 aromatic carbocycles. The van der Waals surface area contributed by atoms with Crippen LogP contribution in [0.25, 0.3) is 0 Å². The van der Waals surface area contributed by atoms with Crippen molar-refractivity contribution in [3.05, 3.63) is 15.4 Å². The zero-order valence-corrected chi connectivity index (χ0v) is 11.5. The van der Waals surface area contributed by atoms with Crippen LogP contribution in [-0.4, -0.2) is 31.2 Å². The van der Waals surface area contributed by atoms with Crippen LogP contribution < -0.4 is 9.60 Å². The molecular weight excluding hydrogens is 264 g/mol. The van der Waals surface area contributed by atoms with Crippen LogP contribution in [0.5, 0.6) is 0 Å². The molecule has 1 rings (SSSR count). The van der Waals surface area contributed by atoms with Crippen molar-refractivity contribution < 1.29 is 13.5 Å². The SMILES string of the molecule is Cc1[nH]c(=O)sc1S(=O)(=O)NCC(O)C(C)C. The maximum atomic E-state index is 11.8. The number of hydrogen-bond donors (Lipinski definition) is 3. The lowest BCUT2D eigenvalue weighted by molar-refractivity contribution is 0.129. The van der Waals surface area contributed by atoms with E-state index in [0.29, 0.717) is 17.0 Å². The highest BCUT2D eigenvalue weighted by molar-refractivity contribution is 7.91. The van der Waals surface area contributed by atoms with E-state index in [-0.39, 0.29) is 16.7 Å². The molecule has 0 saturated carbocycles. The highest BCUT2D eigenvalue weighted by atomic mass is 32.2. The molecule has 1 heterocycles. The Morgan fingerprint density at radius 2 is 2.06 bits per heavy atom. The van der Waals surface area contributed by atoms with Crippen LogP contribution in [0.1, 0.15) is 19.5 Å². The molecule has 1 aromatic rings. The van der Waals surface area contributed by atoms with Gasteiger partial charge in [0.25, 0.3) is 10.0 Å². The zero-order chi connectivity index (χ0) is 13.2. The topological polar surface area (TPSA) is 99.3 Å². The number of aliphatic hydroxyl groups excluding tert-OH is 1. The summed E-state index contributed by atoms with van der Waals surface area (Å²) in [6, 6.07) is 0. The summed E-state index contributed by atoms with van der Waals surface area (Å²) in [5, 5.41) is 9.52. The third-order valence-corrected chi connectivity index (χ3v) is 5.31. The van der Waals surface area contributed by atoms with Gasteiger partial charge < -0.3 is 10.1 Å². The normalized spacial score (nSPS) is 14.2. The van der Waals surface area contributed by atoms with Gasteiger partial charge in [0.05, 0.1) is 6.10 Å². The van der Waals surface area contributed by atoms with Gasteiger partial charge in [-0.15, -0.1) is 0 Å². The van der Waals surface area contributed by atoms with Crippen molar-refractivity contribution in [2.24, 2.45) is 5.92 Å². The van der Waals surface area contributed by atoms with E-state index in [0.717, 1.165) is 0 Å². The first kappa shape index (κ1) is 14.4. The fourth-order valence-corrected chi connectivity index (χ4v) is 3.54. The third-order valence-electron chi connectivity index (χ3n) is 2.28. The first-order chi connectivity index (χ1) is 7.74. The van der Waals surface area contributed by atoms with Crippen molar-refractivity contribution in [1.29, 1.82) is 0 Å². The Bertz CT molecular complexity index is 529. The average Bonchev–Trinajstić information content (AvgIpc) is 2.55. The summed E-state index contributed by atoms with van der Waals surface area (Å²) >= 11 is 0.638. The smallest absolute Gasteiger partial charge is 0.305 e. The van der Waals surface area contributed by atoms with E-state index in [4.69, 9.17) is 0 Å². The first-order valence-corrected chi connectivity index (χ1v) is 7.41. The molecule has 8 heteroatoms. The van der Waals surface area contributed by atoms with Crippen LogP contribution in [0.15, 0.2) is 9.00 Å². The molecule has 1 unspecified atom stereocenters. The summed E-state index contributed by atoms with van der Waals surface area (Å²) < 4.78 is 25.9. The number of aryl methyl sites for hydroxylation is 1. The van der Waals surface area contributed by atoms with Gasteiger partial charge in [0.15, 0.2) is 4.21 Å². The highest BCUT2D eigenvalue weighted by Gasteiger charge is 2.22. The maximum absolute atomic E-state index is 11.8. The molecule has 0 aliphatic heterocycles. The summed E-state index contributed by atoms with van der Waals surface area (Å²) in [5.41, 5.74) is 0.312. The Balaban J connectivity index is 2.83. The molecule has 0 radical (unpaired) electrons. The third kappa shape index (κ3) is 3.63. The Kier molecular flexibility index (Phi) is 4.48. The first-order valence-electron chi connectivity index (χ1n) is 5.11. The monoisotopic (exact) mass is 280 g/mol. The van der Waals surface area contributed by atoms with E-state index in [1.54, 1.807) is 13.8 Å². The second-order valence-corrected chi connectivity index (χ2v) is 7.04. The second kappa shape index (κ2) is 5.30. The number of hydrogen-bond acceptors (Lipinski definition) is 5. The maximum Gasteiger partial charge on any atom is 0.305 e.